The molecule has 0 aliphatic heterocycles. The number of nitrogens with zero attached hydrogens (tertiary/aromatic N) is 5. The second kappa shape index (κ2) is 6.89. The molecule has 1 aromatic carbocycles. The minimum absolute atomic E-state index is 0.165. The van der Waals surface area contributed by atoms with E-state index in [-0.39, 0.29) is 34.1 Å². The standard InChI is InChI=1S/C17H11F4N5OS/c1-9-2-3-10(6-12(9)18)15-22-14(27-25-15)8-28-16-24-23-13-5-4-11(7-26(13)16)17(19,20)21/h2-7H,8H2,1H3. The van der Waals surface area contributed by atoms with Crippen molar-refractivity contribution in [3.63, 3.8) is 0 Å². The Morgan fingerprint density at radius 1 is 1.14 bits per heavy atom. The third-order valence-corrected chi connectivity index (χ3v) is 4.85. The molecule has 0 bridgehead atoms. The van der Waals surface area contributed by atoms with E-state index in [1.54, 1.807) is 19.1 Å². The maximum absolute atomic E-state index is 13.7. The van der Waals surface area contributed by atoms with Crippen molar-refractivity contribution < 1.29 is 22.1 Å². The van der Waals surface area contributed by atoms with Crippen molar-refractivity contribution in [3.8, 4) is 11.4 Å². The summed E-state index contributed by atoms with van der Waals surface area (Å²) in [6, 6.07) is 6.78. The number of hydrogen-bond donors (Lipinski definition) is 0. The van der Waals surface area contributed by atoms with Crippen LogP contribution in [0.15, 0.2) is 46.2 Å². The van der Waals surface area contributed by atoms with E-state index in [0.29, 0.717) is 11.1 Å². The summed E-state index contributed by atoms with van der Waals surface area (Å²) in [6.07, 6.45) is -3.53. The van der Waals surface area contributed by atoms with Gasteiger partial charge in [0.25, 0.3) is 0 Å². The Morgan fingerprint density at radius 2 is 1.96 bits per heavy atom. The molecule has 0 N–H and O–H groups in total. The number of pyridine rings is 1. The van der Waals surface area contributed by atoms with Gasteiger partial charge < -0.3 is 4.52 Å². The lowest BCUT2D eigenvalue weighted by atomic mass is 10.1. The van der Waals surface area contributed by atoms with Gasteiger partial charge in [0.2, 0.25) is 11.7 Å². The molecule has 28 heavy (non-hydrogen) atoms. The fourth-order valence-corrected chi connectivity index (χ4v) is 3.18. The van der Waals surface area contributed by atoms with E-state index in [0.717, 1.165) is 24.0 Å². The molecule has 11 heteroatoms. The van der Waals surface area contributed by atoms with E-state index < -0.39 is 11.7 Å². The fourth-order valence-electron chi connectivity index (χ4n) is 2.42. The highest BCUT2D eigenvalue weighted by Gasteiger charge is 2.31. The van der Waals surface area contributed by atoms with Crippen LogP contribution in [-0.2, 0) is 11.9 Å². The third kappa shape index (κ3) is 3.57. The van der Waals surface area contributed by atoms with E-state index in [2.05, 4.69) is 20.3 Å². The van der Waals surface area contributed by atoms with Crippen LogP contribution >= 0.6 is 11.8 Å². The first-order valence-corrected chi connectivity index (χ1v) is 8.94. The molecule has 4 aromatic rings. The van der Waals surface area contributed by atoms with Crippen LogP contribution in [0.25, 0.3) is 17.0 Å². The molecule has 3 heterocycles. The zero-order valence-electron chi connectivity index (χ0n) is 14.2. The second-order valence-corrected chi connectivity index (χ2v) is 6.83. The smallest absolute Gasteiger partial charge is 0.338 e. The van der Waals surface area contributed by atoms with Crippen LogP contribution in [0.5, 0.6) is 0 Å². The summed E-state index contributed by atoms with van der Waals surface area (Å²) in [4.78, 5) is 4.18. The molecule has 0 aliphatic carbocycles. The Labute approximate surface area is 159 Å². The maximum atomic E-state index is 13.7. The maximum Gasteiger partial charge on any atom is 0.417 e. The molecule has 0 saturated heterocycles. The van der Waals surface area contributed by atoms with Gasteiger partial charge in [0.15, 0.2) is 10.8 Å². The minimum Gasteiger partial charge on any atom is -0.338 e. The molecule has 0 unspecified atom stereocenters. The summed E-state index contributed by atoms with van der Waals surface area (Å²) in [7, 11) is 0. The molecule has 0 fully saturated rings. The Bertz CT molecular complexity index is 1150. The first kappa shape index (κ1) is 18.4. The zero-order chi connectivity index (χ0) is 19.9. The van der Waals surface area contributed by atoms with Gasteiger partial charge in [0.05, 0.1) is 11.3 Å². The van der Waals surface area contributed by atoms with Gasteiger partial charge in [-0.3, -0.25) is 4.40 Å². The number of halogens is 4. The topological polar surface area (TPSA) is 69.1 Å². The predicted octanol–water partition coefficient (Wildman–Crippen LogP) is 4.54. The summed E-state index contributed by atoms with van der Waals surface area (Å²) in [5.74, 6) is 0.233. The van der Waals surface area contributed by atoms with Gasteiger partial charge in [-0.05, 0) is 30.7 Å². The van der Waals surface area contributed by atoms with Crippen LogP contribution in [0.1, 0.15) is 17.0 Å². The van der Waals surface area contributed by atoms with Gasteiger partial charge in [-0.2, -0.15) is 18.2 Å². The van der Waals surface area contributed by atoms with Gasteiger partial charge in [0, 0.05) is 11.8 Å². The summed E-state index contributed by atoms with van der Waals surface area (Å²) in [5.41, 5.74) is 0.450. The first-order valence-electron chi connectivity index (χ1n) is 7.95. The van der Waals surface area contributed by atoms with Crippen LogP contribution in [0.4, 0.5) is 17.6 Å². The molecule has 144 valence electrons. The lowest BCUT2D eigenvalue weighted by Gasteiger charge is -2.06. The van der Waals surface area contributed by atoms with Crippen LogP contribution < -0.4 is 0 Å². The summed E-state index contributed by atoms with van der Waals surface area (Å²) < 4.78 is 58.8. The number of aryl methyl sites for hydroxylation is 1. The average Bonchev–Trinajstić information content (AvgIpc) is 3.28. The van der Waals surface area contributed by atoms with Gasteiger partial charge in [-0.1, -0.05) is 29.1 Å². The molecule has 0 amide bonds. The third-order valence-electron chi connectivity index (χ3n) is 3.92. The van der Waals surface area contributed by atoms with Gasteiger partial charge in [0.1, 0.15) is 5.82 Å². The lowest BCUT2D eigenvalue weighted by Crippen LogP contribution is -2.06. The Balaban J connectivity index is 1.53. The van der Waals surface area contributed by atoms with Gasteiger partial charge >= 0.3 is 6.18 Å². The molecule has 0 saturated carbocycles. The van der Waals surface area contributed by atoms with Crippen molar-refractivity contribution in [2.24, 2.45) is 0 Å². The van der Waals surface area contributed by atoms with Crippen LogP contribution in [0.3, 0.4) is 0 Å². The van der Waals surface area contributed by atoms with Crippen molar-refractivity contribution in [1.29, 1.82) is 0 Å². The number of alkyl halides is 3. The molecular formula is C17H11F4N5OS. The molecule has 6 nitrogen and oxygen atoms in total. The van der Waals surface area contributed by atoms with E-state index in [1.807, 2.05) is 0 Å². The number of benzene rings is 1. The van der Waals surface area contributed by atoms with Crippen LogP contribution in [0.2, 0.25) is 0 Å². The highest BCUT2D eigenvalue weighted by molar-refractivity contribution is 7.98. The molecule has 3 aromatic heterocycles. The van der Waals surface area contributed by atoms with E-state index in [4.69, 9.17) is 4.52 Å². The van der Waals surface area contributed by atoms with Gasteiger partial charge in [-0.15, -0.1) is 10.2 Å². The van der Waals surface area contributed by atoms with Crippen molar-refractivity contribution in [2.75, 3.05) is 0 Å². The Morgan fingerprint density at radius 3 is 2.71 bits per heavy atom. The van der Waals surface area contributed by atoms with Gasteiger partial charge in [-0.25, -0.2) is 4.39 Å². The monoisotopic (exact) mass is 409 g/mol. The molecule has 0 spiro atoms. The SMILES string of the molecule is Cc1ccc(-c2noc(CSc3nnc4ccc(C(F)(F)F)cn34)n2)cc1F. The normalized spacial score (nSPS) is 12.0. The number of thioether (sulfide) groups is 1. The lowest BCUT2D eigenvalue weighted by molar-refractivity contribution is -0.137. The predicted molar refractivity (Wildman–Crippen MR) is 92.0 cm³/mol. The summed E-state index contributed by atoms with van der Waals surface area (Å²) in [6.45, 7) is 1.64. The summed E-state index contributed by atoms with van der Waals surface area (Å²) >= 11 is 1.09. The average molecular weight is 409 g/mol. The van der Waals surface area contributed by atoms with Crippen molar-refractivity contribution in [1.82, 2.24) is 24.7 Å². The molecule has 0 aliphatic rings. The van der Waals surface area contributed by atoms with Crippen LogP contribution in [0, 0.1) is 12.7 Å². The number of aromatic nitrogens is 5. The second-order valence-electron chi connectivity index (χ2n) is 5.89. The van der Waals surface area contributed by atoms with E-state index in [1.165, 1.54) is 16.5 Å². The van der Waals surface area contributed by atoms with Crippen molar-refractivity contribution in [2.45, 2.75) is 24.0 Å². The number of rotatable bonds is 4. The van der Waals surface area contributed by atoms with E-state index >= 15 is 0 Å². The number of hydrogen-bond acceptors (Lipinski definition) is 6. The highest BCUT2D eigenvalue weighted by atomic mass is 32.2. The Hall–Kier alpha value is -2.95. The van der Waals surface area contributed by atoms with Crippen LogP contribution in [-0.4, -0.2) is 24.7 Å². The molecule has 0 radical (unpaired) electrons. The number of fused-ring (bicyclic) bond motifs is 1. The fraction of sp³-hybridized carbons (Fsp3) is 0.176. The molecule has 4 rings (SSSR count). The Kier molecular flexibility index (Phi) is 4.53. The quantitative estimate of drug-likeness (QED) is 0.364. The van der Waals surface area contributed by atoms with Crippen molar-refractivity contribution in [3.05, 3.63) is 59.4 Å². The van der Waals surface area contributed by atoms with Crippen molar-refractivity contribution >= 4 is 17.4 Å². The molecule has 0 atom stereocenters. The largest absolute Gasteiger partial charge is 0.417 e. The summed E-state index contributed by atoms with van der Waals surface area (Å²) in [5, 5.41) is 11.8. The van der Waals surface area contributed by atoms with E-state index in [9.17, 15) is 17.6 Å². The molecular weight excluding hydrogens is 398 g/mol. The zero-order valence-corrected chi connectivity index (χ0v) is 15.1. The highest BCUT2D eigenvalue weighted by Crippen LogP contribution is 2.30. The minimum atomic E-state index is -4.47. The first-order chi connectivity index (χ1) is 13.3.